The Hall–Kier alpha value is -2.11. The average Bonchev–Trinajstić information content (AvgIpc) is 3.25. The fourth-order valence-electron chi connectivity index (χ4n) is 3.22. The minimum atomic E-state index is 0.232. The van der Waals surface area contributed by atoms with Crippen LogP contribution in [-0.4, -0.2) is 26.9 Å². The number of nitrogens with one attached hydrogen (secondary N) is 2. The van der Waals surface area contributed by atoms with Gasteiger partial charge in [-0.1, -0.05) is 19.1 Å². The summed E-state index contributed by atoms with van der Waals surface area (Å²) in [7, 11) is 0. The molecule has 1 unspecified atom stereocenters. The zero-order chi connectivity index (χ0) is 15.8. The number of thiophene rings is 1. The number of aromatic amines is 2. The Labute approximate surface area is 138 Å². The van der Waals surface area contributed by atoms with Gasteiger partial charge in [-0.15, -0.1) is 11.3 Å². The van der Waals surface area contributed by atoms with Crippen molar-refractivity contribution in [3.63, 3.8) is 0 Å². The van der Waals surface area contributed by atoms with Crippen molar-refractivity contribution in [3.05, 3.63) is 41.3 Å². The first kappa shape index (κ1) is 14.5. The molecule has 0 fully saturated rings. The molecule has 1 atom stereocenters. The third-order valence-corrected chi connectivity index (χ3v) is 5.43. The van der Waals surface area contributed by atoms with Crippen molar-refractivity contribution in [1.29, 1.82) is 0 Å². The van der Waals surface area contributed by atoms with E-state index in [2.05, 4.69) is 57.8 Å². The molecule has 1 aromatic carbocycles. The SMILES string of the molecule is CCC(CCO)c1ccc2cc(-c3n[nH]c4ccsc34)[nH]c2c1. The highest BCUT2D eigenvalue weighted by molar-refractivity contribution is 7.17. The van der Waals surface area contributed by atoms with Crippen LogP contribution in [-0.2, 0) is 0 Å². The highest BCUT2D eigenvalue weighted by Gasteiger charge is 2.14. The number of H-pyrrole nitrogens is 2. The Morgan fingerprint density at radius 1 is 1.22 bits per heavy atom. The number of aliphatic hydroxyl groups excluding tert-OH is 1. The minimum absolute atomic E-state index is 0.232. The van der Waals surface area contributed by atoms with Crippen LogP contribution in [0, 0.1) is 0 Å². The van der Waals surface area contributed by atoms with Gasteiger partial charge in [-0.3, -0.25) is 5.10 Å². The van der Waals surface area contributed by atoms with Crippen LogP contribution >= 0.6 is 11.3 Å². The second-order valence-electron chi connectivity index (χ2n) is 5.88. The molecule has 23 heavy (non-hydrogen) atoms. The van der Waals surface area contributed by atoms with E-state index in [1.165, 1.54) is 15.6 Å². The topological polar surface area (TPSA) is 64.7 Å². The van der Waals surface area contributed by atoms with Gasteiger partial charge in [0.15, 0.2) is 0 Å². The summed E-state index contributed by atoms with van der Waals surface area (Å²) >= 11 is 1.70. The van der Waals surface area contributed by atoms with Crippen LogP contribution in [0.4, 0.5) is 0 Å². The first-order valence-electron chi connectivity index (χ1n) is 7.95. The van der Waals surface area contributed by atoms with Gasteiger partial charge in [-0.2, -0.15) is 5.10 Å². The van der Waals surface area contributed by atoms with Crippen LogP contribution in [0.2, 0.25) is 0 Å². The second-order valence-corrected chi connectivity index (χ2v) is 6.80. The molecule has 0 spiro atoms. The standard InChI is InChI=1S/C18H19N3OS/c1-2-11(5-7-22)12-3-4-13-10-16(19-15(13)9-12)17-18-14(20-21-17)6-8-23-18/h3-4,6,8-11,19,22H,2,5,7H2,1H3,(H,20,21). The fraction of sp³-hybridized carbons (Fsp3) is 0.278. The molecule has 3 heterocycles. The predicted octanol–water partition coefficient (Wildman–Crippen LogP) is 4.65. The minimum Gasteiger partial charge on any atom is -0.396 e. The lowest BCUT2D eigenvalue weighted by Gasteiger charge is -2.13. The normalized spacial score (nSPS) is 13.1. The van der Waals surface area contributed by atoms with Gasteiger partial charge in [0, 0.05) is 17.5 Å². The molecule has 0 saturated heterocycles. The summed E-state index contributed by atoms with van der Waals surface area (Å²) in [5, 5.41) is 20.0. The van der Waals surface area contributed by atoms with E-state index in [4.69, 9.17) is 0 Å². The molecule has 4 aromatic rings. The van der Waals surface area contributed by atoms with E-state index in [-0.39, 0.29) is 6.61 Å². The molecule has 0 radical (unpaired) electrons. The molecule has 3 N–H and O–H groups in total. The van der Waals surface area contributed by atoms with Crippen molar-refractivity contribution in [3.8, 4) is 11.4 Å². The molecular formula is C18H19N3OS. The zero-order valence-corrected chi connectivity index (χ0v) is 13.8. The van der Waals surface area contributed by atoms with Crippen LogP contribution < -0.4 is 0 Å². The van der Waals surface area contributed by atoms with Crippen molar-refractivity contribution in [2.45, 2.75) is 25.7 Å². The van der Waals surface area contributed by atoms with E-state index in [9.17, 15) is 5.11 Å². The third kappa shape index (κ3) is 2.46. The van der Waals surface area contributed by atoms with Crippen LogP contribution in [0.1, 0.15) is 31.2 Å². The summed E-state index contributed by atoms with van der Waals surface area (Å²) in [5.41, 5.74) is 5.52. The highest BCUT2D eigenvalue weighted by Crippen LogP contribution is 2.33. The maximum atomic E-state index is 9.23. The quantitative estimate of drug-likeness (QED) is 0.500. The summed E-state index contributed by atoms with van der Waals surface area (Å²) in [6.07, 6.45) is 1.85. The maximum absolute atomic E-state index is 9.23. The van der Waals surface area contributed by atoms with Crippen molar-refractivity contribution < 1.29 is 5.11 Å². The van der Waals surface area contributed by atoms with Crippen LogP contribution in [0.25, 0.3) is 32.5 Å². The number of hydrogen-bond donors (Lipinski definition) is 3. The molecule has 118 valence electrons. The van der Waals surface area contributed by atoms with E-state index >= 15 is 0 Å². The van der Waals surface area contributed by atoms with Gasteiger partial charge in [0.2, 0.25) is 0 Å². The van der Waals surface area contributed by atoms with E-state index in [0.29, 0.717) is 5.92 Å². The van der Waals surface area contributed by atoms with Gasteiger partial charge < -0.3 is 10.1 Å². The summed E-state index contributed by atoms with van der Waals surface area (Å²) in [6, 6.07) is 10.7. The summed E-state index contributed by atoms with van der Waals surface area (Å²) < 4.78 is 1.18. The third-order valence-electron chi connectivity index (χ3n) is 4.51. The Bertz CT molecular complexity index is 950. The molecule has 0 aliphatic carbocycles. The first-order valence-corrected chi connectivity index (χ1v) is 8.83. The molecule has 0 aliphatic rings. The van der Waals surface area contributed by atoms with Crippen LogP contribution in [0.15, 0.2) is 35.7 Å². The molecule has 0 amide bonds. The van der Waals surface area contributed by atoms with Gasteiger partial charge in [-0.05, 0) is 47.9 Å². The van der Waals surface area contributed by atoms with Crippen molar-refractivity contribution in [1.82, 2.24) is 15.2 Å². The number of nitrogens with zero attached hydrogens (tertiary/aromatic N) is 1. The molecule has 3 aromatic heterocycles. The number of rotatable bonds is 5. The van der Waals surface area contributed by atoms with Gasteiger partial charge in [0.05, 0.1) is 15.9 Å². The molecule has 5 heteroatoms. The lowest BCUT2D eigenvalue weighted by Crippen LogP contribution is -2.00. The molecule has 4 rings (SSSR count). The van der Waals surface area contributed by atoms with Gasteiger partial charge in [0.25, 0.3) is 0 Å². The number of benzene rings is 1. The summed E-state index contributed by atoms with van der Waals surface area (Å²) in [4.78, 5) is 3.50. The largest absolute Gasteiger partial charge is 0.396 e. The zero-order valence-electron chi connectivity index (χ0n) is 13.0. The Morgan fingerprint density at radius 3 is 2.96 bits per heavy atom. The van der Waals surface area contributed by atoms with E-state index < -0.39 is 0 Å². The van der Waals surface area contributed by atoms with Gasteiger partial charge >= 0.3 is 0 Å². The molecular weight excluding hydrogens is 306 g/mol. The monoisotopic (exact) mass is 325 g/mol. The van der Waals surface area contributed by atoms with E-state index in [1.807, 2.05) is 0 Å². The van der Waals surface area contributed by atoms with Gasteiger partial charge in [0.1, 0.15) is 5.69 Å². The number of fused-ring (bicyclic) bond motifs is 2. The average molecular weight is 325 g/mol. The smallest absolute Gasteiger partial charge is 0.126 e. The van der Waals surface area contributed by atoms with Gasteiger partial charge in [-0.25, -0.2) is 0 Å². The molecule has 4 nitrogen and oxygen atoms in total. The number of aromatic nitrogens is 3. The number of aliphatic hydroxyl groups is 1. The Balaban J connectivity index is 1.77. The summed E-state index contributed by atoms with van der Waals surface area (Å²) in [5.74, 6) is 0.408. The van der Waals surface area contributed by atoms with Crippen LogP contribution in [0.3, 0.4) is 0 Å². The van der Waals surface area contributed by atoms with E-state index in [0.717, 1.165) is 35.3 Å². The predicted molar refractivity (Wildman–Crippen MR) is 96.0 cm³/mol. The van der Waals surface area contributed by atoms with Crippen LogP contribution in [0.5, 0.6) is 0 Å². The molecule has 0 bridgehead atoms. The summed E-state index contributed by atoms with van der Waals surface area (Å²) in [6.45, 7) is 2.40. The van der Waals surface area contributed by atoms with E-state index in [1.54, 1.807) is 11.3 Å². The van der Waals surface area contributed by atoms with Crippen molar-refractivity contribution >= 4 is 32.5 Å². The highest BCUT2D eigenvalue weighted by atomic mass is 32.1. The lowest BCUT2D eigenvalue weighted by atomic mass is 9.93. The Kier molecular flexibility index (Phi) is 3.67. The second kappa shape index (κ2) is 5.83. The number of hydrogen-bond acceptors (Lipinski definition) is 3. The molecule has 0 saturated carbocycles. The van der Waals surface area contributed by atoms with Crippen molar-refractivity contribution in [2.24, 2.45) is 0 Å². The maximum Gasteiger partial charge on any atom is 0.126 e. The van der Waals surface area contributed by atoms with Crippen molar-refractivity contribution in [2.75, 3.05) is 6.61 Å². The lowest BCUT2D eigenvalue weighted by molar-refractivity contribution is 0.274. The Morgan fingerprint density at radius 2 is 2.13 bits per heavy atom. The fourth-order valence-corrected chi connectivity index (χ4v) is 4.07. The molecule has 0 aliphatic heterocycles. The first-order chi connectivity index (χ1) is 11.3.